The summed E-state index contributed by atoms with van der Waals surface area (Å²) in [5.41, 5.74) is 1.13. The zero-order valence-electron chi connectivity index (χ0n) is 17.5. The van der Waals surface area contributed by atoms with Gasteiger partial charge in [0.25, 0.3) is 15.9 Å². The van der Waals surface area contributed by atoms with Crippen molar-refractivity contribution in [3.8, 4) is 17.6 Å². The Kier molecular flexibility index (Phi) is 6.97. The number of carbonyl (C=O) groups is 1. The number of anilines is 2. The largest absolute Gasteiger partial charge is 0.495 e. The topological polar surface area (TPSA) is 118 Å². The van der Waals surface area contributed by atoms with Crippen LogP contribution in [0.25, 0.3) is 0 Å². The predicted molar refractivity (Wildman–Crippen MR) is 121 cm³/mol. The maximum Gasteiger partial charge on any atom is 0.261 e. The van der Waals surface area contributed by atoms with E-state index in [1.54, 1.807) is 42.5 Å². The number of nitrogens with zero attached hydrogens (tertiary/aromatic N) is 1. The summed E-state index contributed by atoms with van der Waals surface area (Å²) in [6, 6.07) is 18.8. The van der Waals surface area contributed by atoms with Crippen molar-refractivity contribution in [1.29, 1.82) is 5.26 Å². The number of methoxy groups -OCH3 is 1. The molecule has 32 heavy (non-hydrogen) atoms. The molecular weight excluding hydrogens is 430 g/mol. The minimum absolute atomic E-state index is 0.0618. The van der Waals surface area contributed by atoms with Gasteiger partial charge in [-0.05, 0) is 67.6 Å². The fraction of sp³-hybridized carbons (Fsp3) is 0.130. The molecule has 0 saturated carbocycles. The zero-order chi connectivity index (χ0) is 23.1. The highest BCUT2D eigenvalue weighted by molar-refractivity contribution is 7.92. The molecule has 8 nitrogen and oxygen atoms in total. The van der Waals surface area contributed by atoms with Gasteiger partial charge in [0.2, 0.25) is 0 Å². The summed E-state index contributed by atoms with van der Waals surface area (Å²) in [4.78, 5) is 12.6. The van der Waals surface area contributed by atoms with Gasteiger partial charge < -0.3 is 14.8 Å². The van der Waals surface area contributed by atoms with E-state index in [2.05, 4.69) is 10.0 Å². The highest BCUT2D eigenvalue weighted by Crippen LogP contribution is 2.29. The molecule has 3 rings (SSSR count). The number of carbonyl (C=O) groups excluding carboxylic acids is 1. The van der Waals surface area contributed by atoms with Crippen LogP contribution in [0.5, 0.6) is 11.5 Å². The number of hydrogen-bond acceptors (Lipinski definition) is 6. The lowest BCUT2D eigenvalue weighted by atomic mass is 10.1. The average Bonchev–Trinajstić information content (AvgIpc) is 2.80. The van der Waals surface area contributed by atoms with Crippen LogP contribution < -0.4 is 19.5 Å². The molecule has 9 heteroatoms. The number of benzene rings is 3. The van der Waals surface area contributed by atoms with Crippen molar-refractivity contribution in [1.82, 2.24) is 0 Å². The lowest BCUT2D eigenvalue weighted by Crippen LogP contribution is -2.16. The Morgan fingerprint density at radius 2 is 1.81 bits per heavy atom. The summed E-state index contributed by atoms with van der Waals surface area (Å²) in [6.45, 7) is 2.36. The second-order valence-electron chi connectivity index (χ2n) is 6.57. The smallest absolute Gasteiger partial charge is 0.261 e. The van der Waals surface area contributed by atoms with Crippen LogP contribution in [0.3, 0.4) is 0 Å². The van der Waals surface area contributed by atoms with Crippen LogP contribution in [0.4, 0.5) is 11.4 Å². The molecule has 0 unspecified atom stereocenters. The third-order valence-corrected chi connectivity index (χ3v) is 5.78. The molecular formula is C23H21N3O5S. The van der Waals surface area contributed by atoms with E-state index < -0.39 is 15.9 Å². The second-order valence-corrected chi connectivity index (χ2v) is 8.25. The summed E-state index contributed by atoms with van der Waals surface area (Å²) in [5, 5.41) is 11.7. The lowest BCUT2D eigenvalue weighted by molar-refractivity contribution is 0.102. The van der Waals surface area contributed by atoms with Crippen LogP contribution in [-0.2, 0) is 10.0 Å². The second kappa shape index (κ2) is 9.85. The molecule has 3 aromatic carbocycles. The van der Waals surface area contributed by atoms with Gasteiger partial charge in [0, 0.05) is 11.3 Å². The summed E-state index contributed by atoms with van der Waals surface area (Å²) in [5.74, 6) is 0.412. The van der Waals surface area contributed by atoms with E-state index in [9.17, 15) is 13.2 Å². The van der Waals surface area contributed by atoms with Gasteiger partial charge in [0.05, 0.1) is 35.9 Å². The van der Waals surface area contributed by atoms with Crippen LogP contribution in [0.1, 0.15) is 22.8 Å². The fourth-order valence-corrected chi connectivity index (χ4v) is 3.96. The lowest BCUT2D eigenvalue weighted by Gasteiger charge is -2.14. The number of sulfonamides is 1. The Hall–Kier alpha value is -4.03. The van der Waals surface area contributed by atoms with Gasteiger partial charge in [-0.1, -0.05) is 6.07 Å². The van der Waals surface area contributed by atoms with Crippen molar-refractivity contribution < 1.29 is 22.7 Å². The molecule has 3 aromatic rings. The van der Waals surface area contributed by atoms with Gasteiger partial charge in [-0.3, -0.25) is 9.52 Å². The monoisotopic (exact) mass is 451 g/mol. The first-order valence-electron chi connectivity index (χ1n) is 9.61. The molecule has 0 radical (unpaired) electrons. The third kappa shape index (κ3) is 5.36. The van der Waals surface area contributed by atoms with Crippen LogP contribution in [0.15, 0.2) is 71.6 Å². The normalized spacial score (nSPS) is 10.7. The van der Waals surface area contributed by atoms with Crippen molar-refractivity contribution in [3.63, 3.8) is 0 Å². The van der Waals surface area contributed by atoms with Gasteiger partial charge in [0.1, 0.15) is 11.5 Å². The maximum atomic E-state index is 12.9. The van der Waals surface area contributed by atoms with E-state index in [1.165, 1.54) is 31.4 Å². The first-order chi connectivity index (χ1) is 15.4. The first-order valence-corrected chi connectivity index (χ1v) is 11.1. The van der Waals surface area contributed by atoms with E-state index in [1.807, 2.05) is 13.0 Å². The van der Waals surface area contributed by atoms with Gasteiger partial charge in [-0.25, -0.2) is 8.42 Å². The molecule has 2 N–H and O–H groups in total. The number of nitriles is 1. The Bertz CT molecular complexity index is 1270. The molecule has 0 fully saturated rings. The van der Waals surface area contributed by atoms with Crippen LogP contribution in [0.2, 0.25) is 0 Å². The summed E-state index contributed by atoms with van der Waals surface area (Å²) in [7, 11) is -2.53. The molecule has 0 aliphatic carbocycles. The molecule has 0 saturated heterocycles. The van der Waals surface area contributed by atoms with Crippen molar-refractivity contribution in [2.24, 2.45) is 0 Å². The Morgan fingerprint density at radius 1 is 1.06 bits per heavy atom. The molecule has 0 atom stereocenters. The van der Waals surface area contributed by atoms with Crippen molar-refractivity contribution in [3.05, 3.63) is 77.9 Å². The predicted octanol–water partition coefficient (Wildman–Crippen LogP) is 4.02. The molecule has 0 spiro atoms. The molecule has 0 aliphatic rings. The summed E-state index contributed by atoms with van der Waals surface area (Å²) < 4.78 is 38.8. The standard InChI is InChI=1S/C23H21N3O5S/c1-3-31-19-9-7-18(8-10-19)26-32(28,29)20-11-12-22(30-2)21(14-20)25-23(27)17-6-4-5-16(13-17)15-24/h4-14,26H,3H2,1-2H3,(H,25,27). The van der Waals surface area contributed by atoms with Crippen LogP contribution in [-0.4, -0.2) is 28.0 Å². The van der Waals surface area contributed by atoms with Crippen molar-refractivity contribution in [2.75, 3.05) is 23.8 Å². The molecule has 0 bridgehead atoms. The molecule has 0 heterocycles. The van der Waals surface area contributed by atoms with E-state index in [-0.39, 0.29) is 21.9 Å². The summed E-state index contributed by atoms with van der Waals surface area (Å²) in [6.07, 6.45) is 0. The Labute approximate surface area is 186 Å². The van der Waals surface area contributed by atoms with E-state index in [0.29, 0.717) is 23.6 Å². The Balaban J connectivity index is 1.85. The Morgan fingerprint density at radius 3 is 2.47 bits per heavy atom. The van der Waals surface area contributed by atoms with E-state index >= 15 is 0 Å². The maximum absolute atomic E-state index is 12.9. The first kappa shape index (κ1) is 22.7. The van der Waals surface area contributed by atoms with Crippen LogP contribution in [0, 0.1) is 11.3 Å². The van der Waals surface area contributed by atoms with Crippen molar-refractivity contribution in [2.45, 2.75) is 11.8 Å². The fourth-order valence-electron chi connectivity index (χ4n) is 2.88. The van der Waals surface area contributed by atoms with Crippen LogP contribution >= 0.6 is 0 Å². The number of nitrogens with one attached hydrogen (secondary N) is 2. The van der Waals surface area contributed by atoms with E-state index in [0.717, 1.165) is 0 Å². The quantitative estimate of drug-likeness (QED) is 0.534. The van der Waals surface area contributed by atoms with E-state index in [4.69, 9.17) is 14.7 Å². The SMILES string of the molecule is CCOc1ccc(NS(=O)(=O)c2ccc(OC)c(NC(=O)c3cccc(C#N)c3)c2)cc1. The highest BCUT2D eigenvalue weighted by Gasteiger charge is 2.18. The summed E-state index contributed by atoms with van der Waals surface area (Å²) >= 11 is 0. The average molecular weight is 452 g/mol. The van der Waals surface area contributed by atoms with Gasteiger partial charge in [0.15, 0.2) is 0 Å². The zero-order valence-corrected chi connectivity index (χ0v) is 18.3. The number of ether oxygens (including phenoxy) is 2. The van der Waals surface area contributed by atoms with Gasteiger partial charge >= 0.3 is 0 Å². The minimum Gasteiger partial charge on any atom is -0.495 e. The molecule has 0 aliphatic heterocycles. The van der Waals surface area contributed by atoms with Gasteiger partial charge in [-0.2, -0.15) is 5.26 Å². The molecule has 0 aromatic heterocycles. The molecule has 164 valence electrons. The van der Waals surface area contributed by atoms with Crippen molar-refractivity contribution >= 4 is 27.3 Å². The van der Waals surface area contributed by atoms with Gasteiger partial charge in [-0.15, -0.1) is 0 Å². The minimum atomic E-state index is -3.94. The third-order valence-electron chi connectivity index (χ3n) is 4.40. The number of amides is 1. The number of hydrogen-bond donors (Lipinski definition) is 2. The number of rotatable bonds is 8. The molecule has 1 amide bonds. The highest BCUT2D eigenvalue weighted by atomic mass is 32.2.